The molecule has 6 rings (SSSR count). The first-order valence-corrected chi connectivity index (χ1v) is 14.4. The lowest BCUT2D eigenvalue weighted by Crippen LogP contribution is -2.19. The van der Waals surface area contributed by atoms with Gasteiger partial charge < -0.3 is 4.74 Å². The Bertz CT molecular complexity index is 1590. The van der Waals surface area contributed by atoms with Crippen LogP contribution in [0.1, 0.15) is 0 Å². The van der Waals surface area contributed by atoms with Gasteiger partial charge in [-0.2, -0.15) is 0 Å². The molecule has 0 N–H and O–H groups in total. The molecule has 34 heavy (non-hydrogen) atoms. The fraction of sp³-hybridized carbons (Fsp3) is 0. The Morgan fingerprint density at radius 2 is 0.588 bits per heavy atom. The van der Waals surface area contributed by atoms with Crippen molar-refractivity contribution in [2.45, 2.75) is 29.4 Å². The van der Waals surface area contributed by atoms with Gasteiger partial charge in [0.2, 0.25) is 29.5 Å². The van der Waals surface area contributed by atoms with Crippen LogP contribution < -0.4 is 4.74 Å². The van der Waals surface area contributed by atoms with Gasteiger partial charge in [-0.15, -0.1) is 0 Å². The second-order valence-corrected chi connectivity index (χ2v) is 13.1. The van der Waals surface area contributed by atoms with Crippen molar-refractivity contribution in [3.05, 3.63) is 97.1 Å². The molecule has 4 aromatic rings. The van der Waals surface area contributed by atoms with Gasteiger partial charge in [-0.25, -0.2) is 25.3 Å². The highest BCUT2D eigenvalue weighted by molar-refractivity contribution is 7.97. The van der Waals surface area contributed by atoms with Crippen LogP contribution in [0.4, 0.5) is 0 Å². The zero-order chi connectivity index (χ0) is 24.1. The minimum Gasteiger partial charge on any atom is -0.455 e. The molecule has 4 aromatic carbocycles. The van der Waals surface area contributed by atoms with Crippen LogP contribution in [0.25, 0.3) is 0 Å². The van der Waals surface area contributed by atoms with E-state index in [0.717, 1.165) is 0 Å². The minimum atomic E-state index is -3.75. The Morgan fingerprint density at radius 3 is 0.912 bits per heavy atom. The lowest BCUT2D eigenvalue weighted by molar-refractivity contribution is 0.443. The highest BCUT2D eigenvalue weighted by Crippen LogP contribution is 2.42. The van der Waals surface area contributed by atoms with Crippen molar-refractivity contribution in [1.29, 1.82) is 0 Å². The molecule has 0 bridgehead atoms. The Kier molecular flexibility index (Phi) is 5.12. The molecule has 10 heteroatoms. The first-order chi connectivity index (χ1) is 16.1. The van der Waals surface area contributed by atoms with Crippen LogP contribution in [-0.4, -0.2) is 25.3 Å². The van der Waals surface area contributed by atoms with Gasteiger partial charge in [0.05, 0.1) is 19.6 Å². The van der Waals surface area contributed by atoms with Crippen molar-refractivity contribution in [3.63, 3.8) is 0 Å². The first-order valence-electron chi connectivity index (χ1n) is 9.94. The SMILES string of the molecule is O=S1(=O)c2ccccc2Oc2ccccc21.O=S1(=O)c2ccccc2S(=O)(=O)c2ccccc21. The molecule has 0 atom stereocenters. The maximum Gasteiger partial charge on any atom is 0.213 e. The molecule has 0 saturated heterocycles. The Morgan fingerprint density at radius 1 is 0.353 bits per heavy atom. The number of benzene rings is 4. The highest BCUT2D eigenvalue weighted by Gasteiger charge is 2.38. The third-order valence-electron chi connectivity index (χ3n) is 5.35. The largest absolute Gasteiger partial charge is 0.455 e. The number of fused-ring (bicyclic) bond motifs is 4. The number of ether oxygens (including phenoxy) is 1. The molecule has 0 spiro atoms. The van der Waals surface area contributed by atoms with Crippen LogP contribution >= 0.6 is 0 Å². The van der Waals surface area contributed by atoms with Gasteiger partial charge in [0.15, 0.2) is 0 Å². The first kappa shape index (κ1) is 22.3. The van der Waals surface area contributed by atoms with E-state index in [4.69, 9.17) is 4.74 Å². The smallest absolute Gasteiger partial charge is 0.213 e. The van der Waals surface area contributed by atoms with E-state index in [-0.39, 0.29) is 29.4 Å². The Labute approximate surface area is 197 Å². The molecule has 2 aliphatic heterocycles. The third kappa shape index (κ3) is 3.33. The molecule has 0 fully saturated rings. The lowest BCUT2D eigenvalue weighted by Gasteiger charge is -2.19. The fourth-order valence-corrected chi connectivity index (χ4v) is 9.43. The van der Waals surface area contributed by atoms with Gasteiger partial charge in [-0.1, -0.05) is 48.5 Å². The Hall–Kier alpha value is -3.47. The molecule has 0 radical (unpaired) electrons. The van der Waals surface area contributed by atoms with E-state index >= 15 is 0 Å². The number of sulfone groups is 3. The highest BCUT2D eigenvalue weighted by atomic mass is 32.2. The van der Waals surface area contributed by atoms with Gasteiger partial charge in [-0.3, -0.25) is 0 Å². The van der Waals surface area contributed by atoms with Gasteiger partial charge in [0.1, 0.15) is 21.3 Å². The van der Waals surface area contributed by atoms with Crippen molar-refractivity contribution in [3.8, 4) is 11.5 Å². The van der Waals surface area contributed by atoms with E-state index < -0.39 is 29.5 Å². The second-order valence-electron chi connectivity index (χ2n) is 7.40. The average Bonchev–Trinajstić information content (AvgIpc) is 2.84. The second kappa shape index (κ2) is 7.79. The maximum atomic E-state index is 12.3. The van der Waals surface area contributed by atoms with Crippen LogP contribution in [0.15, 0.2) is 126 Å². The molecule has 2 heterocycles. The summed E-state index contributed by atoms with van der Waals surface area (Å²) in [5.74, 6) is 0.780. The Balaban J connectivity index is 0.000000142. The summed E-state index contributed by atoms with van der Waals surface area (Å²) in [5.41, 5.74) is 0. The molecule has 7 nitrogen and oxygen atoms in total. The topological polar surface area (TPSA) is 112 Å². The van der Waals surface area contributed by atoms with Crippen LogP contribution in [0.2, 0.25) is 0 Å². The van der Waals surface area contributed by atoms with Gasteiger partial charge in [-0.05, 0) is 48.5 Å². The van der Waals surface area contributed by atoms with E-state index in [0.29, 0.717) is 11.5 Å². The standard InChI is InChI=1S/C12H8O4S2.C12H8O3S/c13-17(14)9-5-1-2-6-10(9)18(15,16)12-8-4-3-7-11(12)17;13-16(14)11-7-3-1-5-9(11)15-10-6-2-4-8-12(10)16/h1-8H;1-8H. The van der Waals surface area contributed by atoms with E-state index in [1.54, 1.807) is 48.5 Å². The van der Waals surface area contributed by atoms with Gasteiger partial charge in [0.25, 0.3) is 0 Å². The predicted molar refractivity (Wildman–Crippen MR) is 122 cm³/mol. The van der Waals surface area contributed by atoms with Crippen molar-refractivity contribution in [2.24, 2.45) is 0 Å². The summed E-state index contributed by atoms with van der Waals surface area (Å²) >= 11 is 0. The summed E-state index contributed by atoms with van der Waals surface area (Å²) in [7, 11) is -10.9. The zero-order valence-corrected chi connectivity index (χ0v) is 19.8. The van der Waals surface area contributed by atoms with Gasteiger partial charge >= 0.3 is 0 Å². The molecule has 0 saturated carbocycles. The van der Waals surface area contributed by atoms with E-state index in [1.807, 2.05) is 0 Å². The molecule has 172 valence electrons. The summed E-state index contributed by atoms with van der Waals surface area (Å²) in [6, 6.07) is 24.6. The summed E-state index contributed by atoms with van der Waals surface area (Å²) in [4.78, 5) is -0.137. The normalized spacial score (nSPS) is 17.3. The molecule has 0 unspecified atom stereocenters. The molecule has 0 aliphatic carbocycles. The molecule has 2 aliphatic rings. The van der Waals surface area contributed by atoms with Crippen molar-refractivity contribution < 1.29 is 30.0 Å². The fourth-order valence-electron chi connectivity index (χ4n) is 3.78. The maximum absolute atomic E-state index is 12.3. The summed E-state index contributed by atoms with van der Waals surface area (Å²) in [6.45, 7) is 0. The summed E-state index contributed by atoms with van der Waals surface area (Å²) in [5, 5.41) is 0. The minimum absolute atomic E-state index is 0.149. The van der Waals surface area contributed by atoms with Crippen LogP contribution in [0.5, 0.6) is 11.5 Å². The van der Waals surface area contributed by atoms with E-state index in [1.165, 1.54) is 48.5 Å². The van der Waals surface area contributed by atoms with E-state index in [2.05, 4.69) is 0 Å². The number of hydrogen-bond donors (Lipinski definition) is 0. The number of para-hydroxylation sites is 2. The molecule has 0 aromatic heterocycles. The quantitative estimate of drug-likeness (QED) is 0.298. The summed E-state index contributed by atoms with van der Waals surface area (Å²) in [6.07, 6.45) is 0. The predicted octanol–water partition coefficient (Wildman–Crippen LogP) is 4.29. The van der Waals surface area contributed by atoms with Crippen LogP contribution in [0, 0.1) is 0 Å². The van der Waals surface area contributed by atoms with Gasteiger partial charge in [0, 0.05) is 0 Å². The summed E-state index contributed by atoms with van der Waals surface area (Å²) < 4.78 is 79.2. The zero-order valence-electron chi connectivity index (χ0n) is 17.3. The molecular formula is C24H16O7S3. The average molecular weight is 513 g/mol. The number of rotatable bonds is 0. The van der Waals surface area contributed by atoms with Crippen molar-refractivity contribution in [2.75, 3.05) is 0 Å². The van der Waals surface area contributed by atoms with Crippen molar-refractivity contribution in [1.82, 2.24) is 0 Å². The molecular weight excluding hydrogens is 496 g/mol. The van der Waals surface area contributed by atoms with E-state index in [9.17, 15) is 25.3 Å². The third-order valence-corrected chi connectivity index (χ3v) is 11.2. The monoisotopic (exact) mass is 512 g/mol. The molecule has 0 amide bonds. The van der Waals surface area contributed by atoms with Crippen LogP contribution in [0.3, 0.4) is 0 Å². The van der Waals surface area contributed by atoms with Crippen LogP contribution in [-0.2, 0) is 29.5 Å². The van der Waals surface area contributed by atoms with Crippen molar-refractivity contribution >= 4 is 29.5 Å². The lowest BCUT2D eigenvalue weighted by atomic mass is 10.3. The number of hydrogen-bond acceptors (Lipinski definition) is 7.